The normalized spacial score (nSPS) is 23.4. The van der Waals surface area contributed by atoms with Crippen molar-refractivity contribution >= 4 is 29.3 Å². The molecule has 0 radical (unpaired) electrons. The van der Waals surface area contributed by atoms with Crippen molar-refractivity contribution in [3.8, 4) is 0 Å². The van der Waals surface area contributed by atoms with Crippen LogP contribution in [0.3, 0.4) is 0 Å². The van der Waals surface area contributed by atoms with Gasteiger partial charge in [-0.1, -0.05) is 0 Å². The van der Waals surface area contributed by atoms with E-state index in [0.29, 0.717) is 0 Å². The Bertz CT molecular complexity index is 405. The fraction of sp³-hybridized carbons (Fsp3) is 0.692. The second-order valence-corrected chi connectivity index (χ2v) is 7.36. The molecule has 2 aliphatic rings. The number of anilines is 1. The average molecular weight is 281 g/mol. The first-order chi connectivity index (χ1) is 8.93. The summed E-state index contributed by atoms with van der Waals surface area (Å²) in [6.07, 6.45) is 6.54. The molecule has 1 fully saturated rings. The molecule has 1 aromatic rings. The van der Waals surface area contributed by atoms with Gasteiger partial charge in [0, 0.05) is 40.3 Å². The minimum absolute atomic E-state index is 0.734. The van der Waals surface area contributed by atoms with E-state index >= 15 is 0 Å². The topological polar surface area (TPSA) is 37.8 Å². The number of nitrogens with one attached hydrogen (secondary N) is 1. The molecule has 0 saturated carbocycles. The highest BCUT2D eigenvalue weighted by atomic mass is 32.2. The lowest BCUT2D eigenvalue weighted by atomic mass is 9.96. The number of thioether (sulfide) groups is 2. The third-order valence-electron chi connectivity index (χ3n) is 3.51. The second kappa shape index (κ2) is 6.15. The van der Waals surface area contributed by atoms with Gasteiger partial charge in [-0.05, 0) is 25.7 Å². The van der Waals surface area contributed by atoms with Crippen molar-refractivity contribution in [1.29, 1.82) is 0 Å². The molecular formula is C13H19N3S2. The summed E-state index contributed by atoms with van der Waals surface area (Å²) in [6.45, 7) is 1.04. The van der Waals surface area contributed by atoms with Crippen LogP contribution in [0.2, 0.25) is 0 Å². The van der Waals surface area contributed by atoms with Gasteiger partial charge in [-0.3, -0.25) is 0 Å². The maximum absolute atomic E-state index is 4.44. The average Bonchev–Trinajstić information content (AvgIpc) is 2.46. The molecule has 3 nitrogen and oxygen atoms in total. The third-order valence-corrected chi connectivity index (χ3v) is 6.35. The van der Waals surface area contributed by atoms with Crippen LogP contribution in [0.4, 0.5) is 5.82 Å². The quantitative estimate of drug-likeness (QED) is 0.922. The van der Waals surface area contributed by atoms with Gasteiger partial charge < -0.3 is 5.32 Å². The summed E-state index contributed by atoms with van der Waals surface area (Å²) in [7, 11) is 0. The molecule has 0 spiro atoms. The Morgan fingerprint density at radius 3 is 3.06 bits per heavy atom. The van der Waals surface area contributed by atoms with E-state index in [4.69, 9.17) is 0 Å². The van der Waals surface area contributed by atoms with Crippen LogP contribution in [0, 0.1) is 0 Å². The predicted molar refractivity (Wildman–Crippen MR) is 80.7 cm³/mol. The first kappa shape index (κ1) is 12.6. The Labute approximate surface area is 117 Å². The molecule has 1 aromatic heterocycles. The zero-order chi connectivity index (χ0) is 12.2. The van der Waals surface area contributed by atoms with Crippen molar-refractivity contribution in [2.24, 2.45) is 0 Å². The van der Waals surface area contributed by atoms with Crippen molar-refractivity contribution in [3.63, 3.8) is 0 Å². The van der Waals surface area contributed by atoms with Crippen LogP contribution in [-0.2, 0) is 12.8 Å². The van der Waals surface area contributed by atoms with Gasteiger partial charge in [0.15, 0.2) is 0 Å². The van der Waals surface area contributed by atoms with Gasteiger partial charge in [0.2, 0.25) is 0 Å². The van der Waals surface area contributed by atoms with Gasteiger partial charge in [0.1, 0.15) is 12.1 Å². The Balaban J connectivity index is 1.65. The highest BCUT2D eigenvalue weighted by molar-refractivity contribution is 8.06. The Hall–Kier alpha value is -0.420. The molecule has 1 atom stereocenters. The van der Waals surface area contributed by atoms with Crippen molar-refractivity contribution in [3.05, 3.63) is 17.6 Å². The second-order valence-electron chi connectivity index (χ2n) is 4.80. The third kappa shape index (κ3) is 2.94. The molecule has 1 aliphatic carbocycles. The largest absolute Gasteiger partial charge is 0.369 e. The summed E-state index contributed by atoms with van der Waals surface area (Å²) in [6, 6.07) is 0. The van der Waals surface area contributed by atoms with Crippen LogP contribution in [0.1, 0.15) is 24.1 Å². The number of hydrogen-bond donors (Lipinski definition) is 1. The molecule has 18 heavy (non-hydrogen) atoms. The van der Waals surface area contributed by atoms with Gasteiger partial charge in [0.05, 0.1) is 0 Å². The van der Waals surface area contributed by atoms with E-state index in [1.165, 1.54) is 41.4 Å². The highest BCUT2D eigenvalue weighted by Crippen LogP contribution is 2.27. The van der Waals surface area contributed by atoms with E-state index < -0.39 is 0 Å². The standard InChI is InChI=1S/C13H19N3S2/c1-2-4-12-11(3-1)13(16-9-15-12)14-7-10-8-17-5-6-18-10/h9-10H,1-8H2,(H,14,15,16). The van der Waals surface area contributed by atoms with E-state index in [-0.39, 0.29) is 0 Å². The minimum atomic E-state index is 0.734. The first-order valence-electron chi connectivity index (χ1n) is 6.69. The lowest BCUT2D eigenvalue weighted by Gasteiger charge is -2.23. The number of aryl methyl sites for hydroxylation is 1. The van der Waals surface area contributed by atoms with E-state index in [1.807, 2.05) is 0 Å². The smallest absolute Gasteiger partial charge is 0.132 e. The molecule has 1 saturated heterocycles. The van der Waals surface area contributed by atoms with Crippen molar-refractivity contribution in [1.82, 2.24) is 9.97 Å². The van der Waals surface area contributed by atoms with E-state index in [9.17, 15) is 0 Å². The van der Waals surface area contributed by atoms with E-state index in [2.05, 4.69) is 38.8 Å². The number of hydrogen-bond acceptors (Lipinski definition) is 5. The van der Waals surface area contributed by atoms with Crippen LogP contribution in [-0.4, -0.2) is 39.0 Å². The summed E-state index contributed by atoms with van der Waals surface area (Å²) in [5.74, 6) is 4.96. The summed E-state index contributed by atoms with van der Waals surface area (Å²) >= 11 is 4.17. The Morgan fingerprint density at radius 2 is 2.17 bits per heavy atom. The molecule has 98 valence electrons. The summed E-state index contributed by atoms with van der Waals surface area (Å²) in [4.78, 5) is 8.85. The van der Waals surface area contributed by atoms with Crippen LogP contribution in [0.25, 0.3) is 0 Å². The summed E-state index contributed by atoms with van der Waals surface area (Å²) in [5.41, 5.74) is 2.64. The van der Waals surface area contributed by atoms with Gasteiger partial charge >= 0.3 is 0 Å². The molecule has 1 N–H and O–H groups in total. The molecule has 1 unspecified atom stereocenters. The lowest BCUT2D eigenvalue weighted by molar-refractivity contribution is 0.663. The molecule has 0 bridgehead atoms. The fourth-order valence-electron chi connectivity index (χ4n) is 2.54. The van der Waals surface area contributed by atoms with Gasteiger partial charge in [-0.15, -0.1) is 0 Å². The molecule has 0 amide bonds. The molecule has 2 heterocycles. The SMILES string of the molecule is c1nc2c(c(NCC3CSCCS3)n1)CCCC2. The fourth-order valence-corrected chi connectivity index (χ4v) is 5.15. The van der Waals surface area contributed by atoms with E-state index in [0.717, 1.165) is 30.5 Å². The zero-order valence-electron chi connectivity index (χ0n) is 10.5. The van der Waals surface area contributed by atoms with Gasteiger partial charge in [-0.2, -0.15) is 23.5 Å². The Kier molecular flexibility index (Phi) is 4.31. The van der Waals surface area contributed by atoms with Gasteiger partial charge in [-0.25, -0.2) is 9.97 Å². The van der Waals surface area contributed by atoms with Crippen LogP contribution >= 0.6 is 23.5 Å². The monoisotopic (exact) mass is 281 g/mol. The van der Waals surface area contributed by atoms with E-state index in [1.54, 1.807) is 6.33 Å². The summed E-state index contributed by atoms with van der Waals surface area (Å²) < 4.78 is 0. The minimum Gasteiger partial charge on any atom is -0.369 e. The highest BCUT2D eigenvalue weighted by Gasteiger charge is 2.18. The van der Waals surface area contributed by atoms with Gasteiger partial charge in [0.25, 0.3) is 0 Å². The number of fused-ring (bicyclic) bond motifs is 1. The molecule has 1 aliphatic heterocycles. The number of nitrogens with zero attached hydrogens (tertiary/aromatic N) is 2. The molecule has 5 heteroatoms. The molecular weight excluding hydrogens is 262 g/mol. The maximum atomic E-state index is 4.44. The molecule has 0 aromatic carbocycles. The lowest BCUT2D eigenvalue weighted by Crippen LogP contribution is -2.24. The zero-order valence-corrected chi connectivity index (χ0v) is 12.2. The van der Waals surface area contributed by atoms with Crippen LogP contribution < -0.4 is 5.32 Å². The Morgan fingerprint density at radius 1 is 1.22 bits per heavy atom. The van der Waals surface area contributed by atoms with Crippen molar-refractivity contribution in [2.75, 3.05) is 29.1 Å². The van der Waals surface area contributed by atoms with Crippen LogP contribution in [0.5, 0.6) is 0 Å². The van der Waals surface area contributed by atoms with Crippen molar-refractivity contribution in [2.45, 2.75) is 30.9 Å². The first-order valence-corrected chi connectivity index (χ1v) is 8.90. The molecule has 3 rings (SSSR count). The van der Waals surface area contributed by atoms with Crippen molar-refractivity contribution < 1.29 is 0 Å². The predicted octanol–water partition coefficient (Wildman–Crippen LogP) is 2.62. The summed E-state index contributed by atoms with van der Waals surface area (Å²) in [5, 5.41) is 4.29. The maximum Gasteiger partial charge on any atom is 0.132 e. The number of rotatable bonds is 3. The van der Waals surface area contributed by atoms with Crippen LogP contribution in [0.15, 0.2) is 6.33 Å². The number of aromatic nitrogens is 2.